The number of ether oxygens (including phenoxy) is 2. The molecular weight excluding hydrogens is 382 g/mol. The molecule has 2 aromatic heterocycles. The number of thioether (sulfide) groups is 1. The summed E-state index contributed by atoms with van der Waals surface area (Å²) in [4.78, 5) is 8.19. The molecule has 0 unspecified atom stereocenters. The zero-order chi connectivity index (χ0) is 20.1. The quantitative estimate of drug-likeness (QED) is 0.299. The van der Waals surface area contributed by atoms with Crippen LogP contribution in [0.4, 0.5) is 0 Å². The molecular formula is C23H25N3O2S. The summed E-state index contributed by atoms with van der Waals surface area (Å²) >= 11 is 1.71. The van der Waals surface area contributed by atoms with Gasteiger partial charge >= 0.3 is 0 Å². The van der Waals surface area contributed by atoms with Crippen LogP contribution in [0, 0.1) is 6.92 Å². The molecule has 0 saturated carbocycles. The molecule has 5 nitrogen and oxygen atoms in total. The van der Waals surface area contributed by atoms with E-state index in [4.69, 9.17) is 14.5 Å². The predicted molar refractivity (Wildman–Crippen MR) is 118 cm³/mol. The fourth-order valence-corrected chi connectivity index (χ4v) is 4.16. The third kappa shape index (κ3) is 4.66. The molecule has 0 amide bonds. The largest absolute Gasteiger partial charge is 0.493 e. The van der Waals surface area contributed by atoms with Gasteiger partial charge in [0.05, 0.1) is 17.6 Å². The first kappa shape index (κ1) is 19.6. The molecule has 150 valence electrons. The second kappa shape index (κ2) is 9.20. The van der Waals surface area contributed by atoms with E-state index in [9.17, 15) is 0 Å². The van der Waals surface area contributed by atoms with Crippen molar-refractivity contribution >= 4 is 22.8 Å². The average molecular weight is 408 g/mol. The van der Waals surface area contributed by atoms with Gasteiger partial charge < -0.3 is 19.0 Å². The fourth-order valence-electron chi connectivity index (χ4n) is 3.21. The lowest BCUT2D eigenvalue weighted by atomic mass is 10.1. The molecule has 0 aliphatic heterocycles. The predicted octanol–water partition coefficient (Wildman–Crippen LogP) is 5.37. The van der Waals surface area contributed by atoms with Gasteiger partial charge in [-0.3, -0.25) is 0 Å². The minimum atomic E-state index is 0.665. The lowest BCUT2D eigenvalue weighted by molar-refractivity contribution is 0.172. The number of hydrogen-bond donors (Lipinski definition) is 1. The summed E-state index contributed by atoms with van der Waals surface area (Å²) in [6.07, 6.45) is 4.96. The maximum atomic E-state index is 5.91. The van der Waals surface area contributed by atoms with E-state index in [2.05, 4.69) is 46.8 Å². The van der Waals surface area contributed by atoms with Crippen molar-refractivity contribution in [1.82, 2.24) is 14.5 Å². The molecule has 2 aromatic carbocycles. The van der Waals surface area contributed by atoms with E-state index in [1.807, 2.05) is 30.6 Å². The molecule has 0 atom stereocenters. The number of fused-ring (bicyclic) bond motifs is 1. The third-order valence-electron chi connectivity index (χ3n) is 4.86. The smallest absolute Gasteiger partial charge is 0.166 e. The molecule has 0 aliphatic carbocycles. The number of H-pyrrole nitrogens is 1. The minimum Gasteiger partial charge on any atom is -0.493 e. The average Bonchev–Trinajstić information content (AvgIpc) is 3.40. The van der Waals surface area contributed by atoms with Gasteiger partial charge in [-0.2, -0.15) is 0 Å². The van der Waals surface area contributed by atoms with E-state index in [1.165, 1.54) is 11.1 Å². The number of aromatic amines is 1. The van der Waals surface area contributed by atoms with Gasteiger partial charge in [0, 0.05) is 44.0 Å². The normalized spacial score (nSPS) is 11.2. The Hall–Kier alpha value is -2.70. The van der Waals surface area contributed by atoms with Gasteiger partial charge in [0.2, 0.25) is 0 Å². The van der Waals surface area contributed by atoms with Gasteiger partial charge in [0.15, 0.2) is 5.16 Å². The summed E-state index contributed by atoms with van der Waals surface area (Å²) in [6, 6.07) is 16.6. The maximum absolute atomic E-state index is 5.91. The van der Waals surface area contributed by atoms with Crippen molar-refractivity contribution < 1.29 is 9.47 Å². The molecule has 0 radical (unpaired) electrons. The van der Waals surface area contributed by atoms with Gasteiger partial charge in [-0.05, 0) is 54.4 Å². The first-order valence-electron chi connectivity index (χ1n) is 9.71. The molecule has 0 spiro atoms. The Morgan fingerprint density at radius 2 is 1.93 bits per heavy atom. The number of nitrogens with one attached hydrogen (secondary N) is 1. The summed E-state index contributed by atoms with van der Waals surface area (Å²) in [5.41, 5.74) is 5.58. The zero-order valence-corrected chi connectivity index (χ0v) is 17.5. The van der Waals surface area contributed by atoms with Gasteiger partial charge in [-0.1, -0.05) is 23.9 Å². The Morgan fingerprint density at radius 3 is 2.76 bits per heavy atom. The van der Waals surface area contributed by atoms with Crippen LogP contribution in [0.2, 0.25) is 0 Å². The topological polar surface area (TPSA) is 52.1 Å². The van der Waals surface area contributed by atoms with Crippen molar-refractivity contribution in [1.29, 1.82) is 0 Å². The van der Waals surface area contributed by atoms with E-state index in [0.717, 1.165) is 39.8 Å². The number of aromatic nitrogens is 3. The summed E-state index contributed by atoms with van der Waals surface area (Å²) in [5.74, 6) is 1.78. The summed E-state index contributed by atoms with van der Waals surface area (Å²) in [5, 5.41) is 0.926. The molecule has 4 aromatic rings. The van der Waals surface area contributed by atoms with Crippen LogP contribution in [-0.2, 0) is 10.5 Å². The Morgan fingerprint density at radius 1 is 1.07 bits per heavy atom. The highest BCUT2D eigenvalue weighted by Crippen LogP contribution is 2.29. The molecule has 0 aliphatic rings. The molecule has 1 N–H and O–H groups in total. The van der Waals surface area contributed by atoms with Crippen LogP contribution in [-0.4, -0.2) is 34.9 Å². The fraction of sp³-hybridized carbons (Fsp3) is 0.261. The highest BCUT2D eigenvalue weighted by Gasteiger charge is 2.09. The summed E-state index contributed by atoms with van der Waals surface area (Å²) < 4.78 is 13.1. The Labute approximate surface area is 175 Å². The molecule has 0 fully saturated rings. The van der Waals surface area contributed by atoms with Crippen LogP contribution in [0.5, 0.6) is 5.75 Å². The number of imidazole rings is 1. The van der Waals surface area contributed by atoms with Gasteiger partial charge in [0.25, 0.3) is 0 Å². The molecule has 0 saturated heterocycles. The van der Waals surface area contributed by atoms with Crippen molar-refractivity contribution in [3.63, 3.8) is 0 Å². The van der Waals surface area contributed by atoms with Crippen molar-refractivity contribution in [3.05, 3.63) is 72.1 Å². The minimum absolute atomic E-state index is 0.665. The first-order chi connectivity index (χ1) is 14.2. The lowest BCUT2D eigenvalue weighted by Crippen LogP contribution is -2.03. The number of methoxy groups -OCH3 is 1. The maximum Gasteiger partial charge on any atom is 0.166 e. The van der Waals surface area contributed by atoms with Crippen molar-refractivity contribution in [3.8, 4) is 11.4 Å². The molecule has 4 rings (SSSR count). The monoisotopic (exact) mass is 407 g/mol. The van der Waals surface area contributed by atoms with Crippen molar-refractivity contribution in [2.45, 2.75) is 24.3 Å². The van der Waals surface area contributed by atoms with Crippen LogP contribution < -0.4 is 4.74 Å². The van der Waals surface area contributed by atoms with E-state index in [0.29, 0.717) is 13.2 Å². The van der Waals surface area contributed by atoms with Crippen LogP contribution in [0.15, 0.2) is 66.1 Å². The van der Waals surface area contributed by atoms with E-state index in [1.54, 1.807) is 18.9 Å². The van der Waals surface area contributed by atoms with Crippen molar-refractivity contribution in [2.75, 3.05) is 20.3 Å². The van der Waals surface area contributed by atoms with Crippen LogP contribution in [0.25, 0.3) is 16.7 Å². The summed E-state index contributed by atoms with van der Waals surface area (Å²) in [7, 11) is 1.71. The summed E-state index contributed by atoms with van der Waals surface area (Å²) in [6.45, 7) is 3.49. The first-order valence-corrected chi connectivity index (χ1v) is 10.7. The number of benzene rings is 2. The van der Waals surface area contributed by atoms with Crippen molar-refractivity contribution in [2.24, 2.45) is 0 Å². The van der Waals surface area contributed by atoms with Gasteiger partial charge in [-0.25, -0.2) is 4.98 Å². The van der Waals surface area contributed by atoms with E-state index < -0.39 is 0 Å². The number of rotatable bonds is 9. The van der Waals surface area contributed by atoms with Gasteiger partial charge in [0.1, 0.15) is 5.75 Å². The lowest BCUT2D eigenvalue weighted by Gasteiger charge is -2.12. The van der Waals surface area contributed by atoms with Crippen LogP contribution >= 0.6 is 11.8 Å². The molecule has 6 heteroatoms. The Kier molecular flexibility index (Phi) is 6.22. The highest BCUT2D eigenvalue weighted by atomic mass is 32.2. The highest BCUT2D eigenvalue weighted by molar-refractivity contribution is 7.98. The SMILES string of the molecule is COCCCOc1cccc(CSc2nc3cc(-n4cccc4)ccc3[nH]2)c1C. The molecule has 29 heavy (non-hydrogen) atoms. The number of nitrogens with zero attached hydrogens (tertiary/aromatic N) is 2. The van der Waals surface area contributed by atoms with E-state index >= 15 is 0 Å². The second-order valence-electron chi connectivity index (χ2n) is 6.86. The van der Waals surface area contributed by atoms with Crippen LogP contribution in [0.3, 0.4) is 0 Å². The van der Waals surface area contributed by atoms with Gasteiger partial charge in [-0.15, -0.1) is 0 Å². The molecule has 0 bridgehead atoms. The second-order valence-corrected chi connectivity index (χ2v) is 7.82. The van der Waals surface area contributed by atoms with E-state index in [-0.39, 0.29) is 0 Å². The molecule has 2 heterocycles. The third-order valence-corrected chi connectivity index (χ3v) is 5.78. The zero-order valence-electron chi connectivity index (χ0n) is 16.7. The Balaban J connectivity index is 1.44. The standard InChI is InChI=1S/C23H25N3O2S/c1-17-18(7-5-8-22(17)28-14-6-13-27-2)16-29-23-24-20-10-9-19(15-21(20)25-23)26-11-3-4-12-26/h3-5,7-12,15H,6,13-14,16H2,1-2H3,(H,24,25). The van der Waals surface area contributed by atoms with Crippen LogP contribution in [0.1, 0.15) is 17.5 Å². The Bertz CT molecular complexity index is 1070. The number of hydrogen-bond acceptors (Lipinski definition) is 4.